The minimum absolute atomic E-state index is 0.137. The summed E-state index contributed by atoms with van der Waals surface area (Å²) >= 11 is 0.767. The summed E-state index contributed by atoms with van der Waals surface area (Å²) in [6, 6.07) is 0. The lowest BCUT2D eigenvalue weighted by atomic mass is 10.7. The predicted octanol–water partition coefficient (Wildman–Crippen LogP) is -0.522. The summed E-state index contributed by atoms with van der Waals surface area (Å²) in [5, 5.41) is 18.0. The van der Waals surface area contributed by atoms with Crippen LogP contribution in [0.2, 0.25) is 0 Å². The number of thiocyanates is 1. The van der Waals surface area contributed by atoms with E-state index in [2.05, 4.69) is 0 Å². The molecule has 0 spiro atoms. The fourth-order valence-electron chi connectivity index (χ4n) is 0.109. The third-order valence-corrected chi connectivity index (χ3v) is 0.960. The fourth-order valence-corrected chi connectivity index (χ4v) is 0.327. The molecule has 0 rings (SSSR count). The molecule has 0 aromatic rings. The lowest BCUT2D eigenvalue weighted by Gasteiger charge is -1.95. The second kappa shape index (κ2) is 3.93. The van der Waals surface area contributed by atoms with Crippen molar-refractivity contribution in [2.24, 2.45) is 5.73 Å². The third kappa shape index (κ3) is 3.59. The molecule has 0 aromatic carbocycles. The van der Waals surface area contributed by atoms with E-state index < -0.39 is 5.44 Å². The highest BCUT2D eigenvalue weighted by Crippen LogP contribution is 2.00. The number of hydrogen-bond donors (Lipinski definition) is 2. The average Bonchev–Trinajstić information content (AvgIpc) is 1.68. The van der Waals surface area contributed by atoms with Crippen LogP contribution in [-0.2, 0) is 0 Å². The van der Waals surface area contributed by atoms with Gasteiger partial charge in [0.2, 0.25) is 0 Å². The standard InChI is InChI=1S/C3H6N2OS/c4-1-3(6)7-2-5/h3,6H,1,4H2. The maximum Gasteiger partial charge on any atom is 0.136 e. The monoisotopic (exact) mass is 118 g/mol. The zero-order chi connectivity index (χ0) is 5.70. The fraction of sp³-hybridized carbons (Fsp3) is 0.667. The number of aliphatic hydroxyl groups is 1. The Morgan fingerprint density at radius 2 is 2.57 bits per heavy atom. The molecule has 3 N–H and O–H groups in total. The van der Waals surface area contributed by atoms with E-state index in [1.807, 2.05) is 0 Å². The van der Waals surface area contributed by atoms with Crippen molar-refractivity contribution >= 4 is 11.8 Å². The molecule has 3 nitrogen and oxygen atoms in total. The summed E-state index contributed by atoms with van der Waals surface area (Å²) in [5.41, 5.74) is 4.22. The summed E-state index contributed by atoms with van der Waals surface area (Å²) in [7, 11) is 0. The lowest BCUT2D eigenvalue weighted by Crippen LogP contribution is -2.14. The number of thioether (sulfide) groups is 1. The predicted molar refractivity (Wildman–Crippen MR) is 28.3 cm³/mol. The van der Waals surface area contributed by atoms with Crippen molar-refractivity contribution < 1.29 is 5.11 Å². The smallest absolute Gasteiger partial charge is 0.136 e. The molecular formula is C3H6N2OS. The van der Waals surface area contributed by atoms with E-state index >= 15 is 0 Å². The van der Waals surface area contributed by atoms with E-state index in [0.29, 0.717) is 0 Å². The van der Waals surface area contributed by atoms with Crippen molar-refractivity contribution in [2.45, 2.75) is 5.44 Å². The topological polar surface area (TPSA) is 70.0 Å². The Balaban J connectivity index is 3.03. The summed E-state index contributed by atoms with van der Waals surface area (Å²) in [5.74, 6) is 0. The van der Waals surface area contributed by atoms with Gasteiger partial charge in [0, 0.05) is 6.54 Å². The molecule has 7 heavy (non-hydrogen) atoms. The highest BCUT2D eigenvalue weighted by molar-refractivity contribution is 8.04. The van der Waals surface area contributed by atoms with Gasteiger partial charge in [0.15, 0.2) is 0 Å². The molecule has 40 valence electrons. The van der Waals surface area contributed by atoms with Gasteiger partial charge in [-0.1, -0.05) is 0 Å². The van der Waals surface area contributed by atoms with Crippen LogP contribution in [0.1, 0.15) is 0 Å². The molecule has 0 saturated carbocycles. The van der Waals surface area contributed by atoms with Crippen LogP contribution in [0.25, 0.3) is 0 Å². The van der Waals surface area contributed by atoms with Crippen molar-refractivity contribution in [3.05, 3.63) is 0 Å². The lowest BCUT2D eigenvalue weighted by molar-refractivity contribution is 0.272. The Kier molecular flexibility index (Phi) is 3.80. The number of hydrogen-bond acceptors (Lipinski definition) is 4. The molecule has 0 aliphatic carbocycles. The van der Waals surface area contributed by atoms with Gasteiger partial charge in [-0.05, 0) is 11.8 Å². The van der Waals surface area contributed by atoms with Gasteiger partial charge < -0.3 is 10.8 Å². The quantitative estimate of drug-likeness (QED) is 0.378. The second-order valence-electron chi connectivity index (χ2n) is 0.899. The summed E-state index contributed by atoms with van der Waals surface area (Å²) in [6.45, 7) is 0.137. The number of aliphatic hydroxyl groups excluding tert-OH is 1. The van der Waals surface area contributed by atoms with E-state index in [4.69, 9.17) is 16.1 Å². The van der Waals surface area contributed by atoms with Gasteiger partial charge in [0.05, 0.1) is 0 Å². The highest BCUT2D eigenvalue weighted by Gasteiger charge is 1.96. The van der Waals surface area contributed by atoms with E-state index in [9.17, 15) is 0 Å². The van der Waals surface area contributed by atoms with Crippen LogP contribution < -0.4 is 5.73 Å². The zero-order valence-electron chi connectivity index (χ0n) is 3.66. The van der Waals surface area contributed by atoms with Crippen LogP contribution in [-0.4, -0.2) is 17.1 Å². The molecule has 0 heterocycles. The Morgan fingerprint density at radius 3 is 2.71 bits per heavy atom. The molecule has 4 heteroatoms. The van der Waals surface area contributed by atoms with Crippen molar-refractivity contribution in [1.29, 1.82) is 5.26 Å². The molecule has 0 aromatic heterocycles. The number of rotatable bonds is 2. The van der Waals surface area contributed by atoms with Crippen LogP contribution >= 0.6 is 11.8 Å². The second-order valence-corrected chi connectivity index (χ2v) is 1.86. The summed E-state index contributed by atoms with van der Waals surface area (Å²) < 4.78 is 0. The Bertz CT molecular complexity index is 79.5. The highest BCUT2D eigenvalue weighted by atomic mass is 32.2. The molecule has 0 amide bonds. The van der Waals surface area contributed by atoms with Crippen LogP contribution in [0.4, 0.5) is 0 Å². The van der Waals surface area contributed by atoms with Crippen molar-refractivity contribution in [3.63, 3.8) is 0 Å². The van der Waals surface area contributed by atoms with E-state index in [-0.39, 0.29) is 6.54 Å². The van der Waals surface area contributed by atoms with Crippen LogP contribution in [0.5, 0.6) is 0 Å². The van der Waals surface area contributed by atoms with E-state index in [1.54, 1.807) is 5.40 Å². The summed E-state index contributed by atoms with van der Waals surface area (Å²) in [4.78, 5) is 0. The van der Waals surface area contributed by atoms with Gasteiger partial charge >= 0.3 is 0 Å². The molecule has 0 fully saturated rings. The largest absolute Gasteiger partial charge is 0.380 e. The normalized spacial score (nSPS) is 12.7. The van der Waals surface area contributed by atoms with Crippen LogP contribution in [0, 0.1) is 10.7 Å². The molecule has 1 atom stereocenters. The molecule has 0 radical (unpaired) electrons. The van der Waals surface area contributed by atoms with E-state index in [1.165, 1.54) is 0 Å². The Morgan fingerprint density at radius 1 is 2.00 bits per heavy atom. The Hall–Kier alpha value is -0.240. The number of nitriles is 1. The first kappa shape index (κ1) is 6.76. The van der Waals surface area contributed by atoms with Crippen molar-refractivity contribution in [3.8, 4) is 5.40 Å². The molecule has 0 aliphatic rings. The third-order valence-electron chi connectivity index (χ3n) is 0.390. The van der Waals surface area contributed by atoms with Crippen molar-refractivity contribution in [2.75, 3.05) is 6.54 Å². The minimum atomic E-state index is -0.718. The van der Waals surface area contributed by atoms with Crippen LogP contribution in [0.15, 0.2) is 0 Å². The maximum absolute atomic E-state index is 8.47. The maximum atomic E-state index is 8.47. The minimum Gasteiger partial charge on any atom is -0.380 e. The number of nitrogens with two attached hydrogens (primary N) is 1. The van der Waals surface area contributed by atoms with Gasteiger partial charge in [-0.3, -0.25) is 0 Å². The summed E-state index contributed by atoms with van der Waals surface area (Å²) in [6.07, 6.45) is 0. The van der Waals surface area contributed by atoms with Crippen LogP contribution in [0.3, 0.4) is 0 Å². The Labute approximate surface area is 46.1 Å². The first-order chi connectivity index (χ1) is 3.31. The van der Waals surface area contributed by atoms with Gasteiger partial charge in [0.1, 0.15) is 10.8 Å². The van der Waals surface area contributed by atoms with Crippen molar-refractivity contribution in [1.82, 2.24) is 0 Å². The SMILES string of the molecule is N#CSC(O)CN. The van der Waals surface area contributed by atoms with E-state index in [0.717, 1.165) is 11.8 Å². The molecule has 0 bridgehead atoms. The first-order valence-electron chi connectivity index (χ1n) is 1.74. The average molecular weight is 118 g/mol. The van der Waals surface area contributed by atoms with Gasteiger partial charge in [-0.2, -0.15) is 5.26 Å². The molecular weight excluding hydrogens is 112 g/mol. The molecule has 1 unspecified atom stereocenters. The van der Waals surface area contributed by atoms with Gasteiger partial charge in [0.25, 0.3) is 0 Å². The molecule has 0 aliphatic heterocycles. The number of nitrogens with zero attached hydrogens (tertiary/aromatic N) is 1. The first-order valence-corrected chi connectivity index (χ1v) is 2.62. The van der Waals surface area contributed by atoms with Gasteiger partial charge in [-0.15, -0.1) is 0 Å². The van der Waals surface area contributed by atoms with Gasteiger partial charge in [-0.25, -0.2) is 0 Å². The molecule has 0 saturated heterocycles. The zero-order valence-corrected chi connectivity index (χ0v) is 4.48.